The summed E-state index contributed by atoms with van der Waals surface area (Å²) < 4.78 is 10.8. The van der Waals surface area contributed by atoms with Gasteiger partial charge in [0.2, 0.25) is 0 Å². The third kappa shape index (κ3) is 3.30. The molecule has 1 atom stereocenters. The van der Waals surface area contributed by atoms with Gasteiger partial charge in [0.15, 0.2) is 5.60 Å². The molecule has 0 radical (unpaired) electrons. The topological polar surface area (TPSA) is 35.5 Å². The van der Waals surface area contributed by atoms with Gasteiger partial charge in [0.1, 0.15) is 0 Å². The van der Waals surface area contributed by atoms with E-state index in [9.17, 15) is 4.79 Å². The number of esters is 1. The van der Waals surface area contributed by atoms with Crippen LogP contribution in [0.1, 0.15) is 32.8 Å². The number of carbonyl (C=O) groups excluding carboxylic acids is 1. The number of ether oxygens (including phenoxy) is 2. The lowest BCUT2D eigenvalue weighted by atomic mass is 9.96. The normalized spacial score (nSPS) is 14.1. The monoisotopic (exact) mass is 236 g/mol. The van der Waals surface area contributed by atoms with E-state index in [1.807, 2.05) is 37.3 Å². The largest absolute Gasteiger partial charge is 0.464 e. The second-order valence-corrected chi connectivity index (χ2v) is 3.97. The van der Waals surface area contributed by atoms with Crippen molar-refractivity contribution in [3.05, 3.63) is 35.9 Å². The molecule has 0 aromatic heterocycles. The van der Waals surface area contributed by atoms with Crippen molar-refractivity contribution in [2.45, 2.75) is 32.8 Å². The number of hydrogen-bond acceptors (Lipinski definition) is 3. The molecule has 0 N–H and O–H groups in total. The zero-order chi connectivity index (χ0) is 12.7. The summed E-state index contributed by atoms with van der Waals surface area (Å²) in [6.07, 6.45) is 0.863. The average Bonchev–Trinajstić information content (AvgIpc) is 2.37. The van der Waals surface area contributed by atoms with Gasteiger partial charge in [-0.1, -0.05) is 37.3 Å². The highest BCUT2D eigenvalue weighted by Gasteiger charge is 2.37. The summed E-state index contributed by atoms with van der Waals surface area (Å²) in [5.41, 5.74) is -0.181. The molecule has 0 aliphatic carbocycles. The predicted molar refractivity (Wildman–Crippen MR) is 66.7 cm³/mol. The molecular weight excluding hydrogens is 216 g/mol. The van der Waals surface area contributed by atoms with E-state index in [0.717, 1.165) is 12.0 Å². The number of rotatable bonds is 6. The lowest BCUT2D eigenvalue weighted by molar-refractivity contribution is -0.171. The summed E-state index contributed by atoms with van der Waals surface area (Å²) >= 11 is 0. The van der Waals surface area contributed by atoms with Crippen molar-refractivity contribution in [3.63, 3.8) is 0 Å². The van der Waals surface area contributed by atoms with Crippen LogP contribution in [-0.4, -0.2) is 19.2 Å². The summed E-state index contributed by atoms with van der Waals surface area (Å²) in [6.45, 7) is 6.45. The van der Waals surface area contributed by atoms with E-state index in [2.05, 4.69) is 0 Å². The zero-order valence-electron chi connectivity index (χ0n) is 10.7. The molecule has 0 aliphatic rings. The van der Waals surface area contributed by atoms with Crippen LogP contribution in [0.5, 0.6) is 0 Å². The minimum Gasteiger partial charge on any atom is -0.464 e. The molecule has 0 spiro atoms. The molecule has 0 saturated heterocycles. The molecule has 0 heterocycles. The number of carbonyl (C=O) groups is 1. The summed E-state index contributed by atoms with van der Waals surface area (Å²) in [6, 6.07) is 9.46. The highest BCUT2D eigenvalue weighted by atomic mass is 16.6. The zero-order valence-corrected chi connectivity index (χ0v) is 10.7. The van der Waals surface area contributed by atoms with E-state index in [1.54, 1.807) is 13.8 Å². The standard InChI is InChI=1S/C14H20O3/c1-4-11-17-14(3,13(15)16-5-2)12-9-7-6-8-10-12/h6-10H,4-5,11H2,1-3H3/t14-/m0/s1. The van der Waals surface area contributed by atoms with Crippen molar-refractivity contribution < 1.29 is 14.3 Å². The molecule has 0 amide bonds. The molecule has 0 bridgehead atoms. The van der Waals surface area contributed by atoms with Crippen LogP contribution in [0, 0.1) is 0 Å². The SMILES string of the molecule is CCCO[C@](C)(C(=O)OCC)c1ccccc1. The Hall–Kier alpha value is -1.35. The van der Waals surface area contributed by atoms with E-state index in [-0.39, 0.29) is 5.97 Å². The van der Waals surface area contributed by atoms with Crippen LogP contribution >= 0.6 is 0 Å². The van der Waals surface area contributed by atoms with Crippen molar-refractivity contribution in [2.24, 2.45) is 0 Å². The Kier molecular flexibility index (Phi) is 5.16. The minimum atomic E-state index is -1.01. The van der Waals surface area contributed by atoms with Crippen LogP contribution in [0.15, 0.2) is 30.3 Å². The highest BCUT2D eigenvalue weighted by Crippen LogP contribution is 2.27. The van der Waals surface area contributed by atoms with E-state index in [4.69, 9.17) is 9.47 Å². The van der Waals surface area contributed by atoms with Gasteiger partial charge in [0.05, 0.1) is 6.61 Å². The van der Waals surface area contributed by atoms with Crippen molar-refractivity contribution in [1.82, 2.24) is 0 Å². The second-order valence-electron chi connectivity index (χ2n) is 3.97. The lowest BCUT2D eigenvalue weighted by Crippen LogP contribution is -2.37. The van der Waals surface area contributed by atoms with Crippen molar-refractivity contribution in [1.29, 1.82) is 0 Å². The van der Waals surface area contributed by atoms with Gasteiger partial charge >= 0.3 is 5.97 Å². The molecule has 3 heteroatoms. The van der Waals surface area contributed by atoms with Gasteiger partial charge in [-0.05, 0) is 25.8 Å². The minimum absolute atomic E-state index is 0.334. The van der Waals surface area contributed by atoms with Crippen LogP contribution in [0.25, 0.3) is 0 Å². The van der Waals surface area contributed by atoms with Gasteiger partial charge < -0.3 is 9.47 Å². The van der Waals surface area contributed by atoms with Crippen molar-refractivity contribution >= 4 is 5.97 Å². The molecule has 1 aromatic carbocycles. The summed E-state index contributed by atoms with van der Waals surface area (Å²) in [4.78, 5) is 12.0. The highest BCUT2D eigenvalue weighted by molar-refractivity contribution is 5.80. The molecule has 94 valence electrons. The maximum atomic E-state index is 12.0. The quantitative estimate of drug-likeness (QED) is 0.712. The van der Waals surface area contributed by atoms with Crippen LogP contribution in [0.2, 0.25) is 0 Å². The van der Waals surface area contributed by atoms with E-state index in [0.29, 0.717) is 13.2 Å². The fraction of sp³-hybridized carbons (Fsp3) is 0.500. The molecule has 3 nitrogen and oxygen atoms in total. The fourth-order valence-electron chi connectivity index (χ4n) is 1.59. The Morgan fingerprint density at radius 3 is 2.41 bits per heavy atom. The lowest BCUT2D eigenvalue weighted by Gasteiger charge is -2.27. The van der Waals surface area contributed by atoms with Crippen molar-refractivity contribution in [3.8, 4) is 0 Å². The second kappa shape index (κ2) is 6.40. The molecule has 1 rings (SSSR count). The van der Waals surface area contributed by atoms with E-state index < -0.39 is 5.60 Å². The predicted octanol–water partition coefficient (Wildman–Crippen LogP) is 2.89. The molecule has 1 aromatic rings. The molecule has 0 fully saturated rings. The summed E-state index contributed by atoms with van der Waals surface area (Å²) in [5.74, 6) is -0.334. The average molecular weight is 236 g/mol. The molecular formula is C14H20O3. The first kappa shape index (κ1) is 13.7. The molecule has 0 saturated carbocycles. The summed E-state index contributed by atoms with van der Waals surface area (Å²) in [5, 5.41) is 0. The van der Waals surface area contributed by atoms with Gasteiger partial charge in [-0.3, -0.25) is 0 Å². The Morgan fingerprint density at radius 2 is 1.88 bits per heavy atom. The van der Waals surface area contributed by atoms with Crippen LogP contribution < -0.4 is 0 Å². The summed E-state index contributed by atoms with van der Waals surface area (Å²) in [7, 11) is 0. The first-order valence-electron chi connectivity index (χ1n) is 6.01. The third-order valence-electron chi connectivity index (χ3n) is 2.58. The fourth-order valence-corrected chi connectivity index (χ4v) is 1.59. The Bertz CT molecular complexity index is 348. The first-order chi connectivity index (χ1) is 8.15. The van der Waals surface area contributed by atoms with Gasteiger partial charge in [0.25, 0.3) is 0 Å². The third-order valence-corrected chi connectivity index (χ3v) is 2.58. The van der Waals surface area contributed by atoms with Crippen LogP contribution in [0.4, 0.5) is 0 Å². The molecule has 0 aliphatic heterocycles. The maximum absolute atomic E-state index is 12.0. The van der Waals surface area contributed by atoms with Crippen molar-refractivity contribution in [2.75, 3.05) is 13.2 Å². The Morgan fingerprint density at radius 1 is 1.24 bits per heavy atom. The van der Waals surface area contributed by atoms with Crippen LogP contribution in [-0.2, 0) is 19.9 Å². The van der Waals surface area contributed by atoms with E-state index >= 15 is 0 Å². The van der Waals surface area contributed by atoms with Gasteiger partial charge in [-0.2, -0.15) is 0 Å². The van der Waals surface area contributed by atoms with E-state index in [1.165, 1.54) is 0 Å². The van der Waals surface area contributed by atoms with Gasteiger partial charge in [0, 0.05) is 6.61 Å². The molecule has 0 unspecified atom stereocenters. The Labute approximate surface area is 103 Å². The van der Waals surface area contributed by atoms with Crippen LogP contribution in [0.3, 0.4) is 0 Å². The Balaban J connectivity index is 2.97. The number of hydrogen-bond donors (Lipinski definition) is 0. The van der Waals surface area contributed by atoms with Gasteiger partial charge in [-0.25, -0.2) is 4.79 Å². The molecule has 17 heavy (non-hydrogen) atoms. The van der Waals surface area contributed by atoms with Gasteiger partial charge in [-0.15, -0.1) is 0 Å². The smallest absolute Gasteiger partial charge is 0.342 e. The number of benzene rings is 1. The maximum Gasteiger partial charge on any atom is 0.342 e. The first-order valence-corrected chi connectivity index (χ1v) is 6.01.